The van der Waals surface area contributed by atoms with Crippen molar-refractivity contribution in [1.29, 1.82) is 0 Å². The van der Waals surface area contributed by atoms with E-state index in [0.717, 1.165) is 24.1 Å². The van der Waals surface area contributed by atoms with Gasteiger partial charge in [0.15, 0.2) is 0 Å². The van der Waals surface area contributed by atoms with Crippen LogP contribution in [0.1, 0.15) is 18.4 Å². The Kier molecular flexibility index (Phi) is 4.62. The number of terminal acetylenes is 1. The number of hydrogen-bond donors (Lipinski definition) is 1. The second-order valence-corrected chi connectivity index (χ2v) is 6.05. The molecule has 2 aromatic rings. The lowest BCUT2D eigenvalue weighted by Crippen LogP contribution is -2.35. The van der Waals surface area contributed by atoms with Crippen LogP contribution in [-0.2, 0) is 11.3 Å². The maximum absolute atomic E-state index is 13.1. The van der Waals surface area contributed by atoms with Crippen LogP contribution >= 0.6 is 0 Å². The van der Waals surface area contributed by atoms with E-state index >= 15 is 0 Å². The number of carbonyl (C=O) groups excluding carboxylic acids is 1. The van der Waals surface area contributed by atoms with Crippen LogP contribution in [0.2, 0.25) is 0 Å². The number of anilines is 2. The lowest BCUT2D eigenvalue weighted by molar-refractivity contribution is 0.187. The maximum Gasteiger partial charge on any atom is 0.411 e. The Hall–Kier alpha value is -3.00. The van der Waals surface area contributed by atoms with Crippen LogP contribution < -0.4 is 10.2 Å². The molecular formula is C20H19FN2O2. The summed E-state index contributed by atoms with van der Waals surface area (Å²) in [4.78, 5) is 13.4. The highest BCUT2D eigenvalue weighted by molar-refractivity contribution is 5.84. The highest BCUT2D eigenvalue weighted by Gasteiger charge is 2.46. The van der Waals surface area contributed by atoms with E-state index < -0.39 is 6.09 Å². The first-order valence-corrected chi connectivity index (χ1v) is 8.01. The van der Waals surface area contributed by atoms with Gasteiger partial charge in [0.2, 0.25) is 0 Å². The first kappa shape index (κ1) is 16.8. The Bertz CT molecular complexity index is 790. The molecule has 3 rings (SSSR count). The molecule has 1 saturated carbocycles. The summed E-state index contributed by atoms with van der Waals surface area (Å²) in [6.45, 7) is 0.592. The molecule has 0 atom stereocenters. The first-order chi connectivity index (χ1) is 12.1. The maximum atomic E-state index is 13.1. The molecule has 1 fully saturated rings. The van der Waals surface area contributed by atoms with Gasteiger partial charge in [-0.1, -0.05) is 18.1 Å². The van der Waals surface area contributed by atoms with E-state index in [4.69, 9.17) is 6.42 Å². The van der Waals surface area contributed by atoms with E-state index in [9.17, 15) is 9.18 Å². The summed E-state index contributed by atoms with van der Waals surface area (Å²) in [6, 6.07) is 13.9. The molecule has 0 aromatic heterocycles. The van der Waals surface area contributed by atoms with Crippen LogP contribution in [-0.4, -0.2) is 18.7 Å². The van der Waals surface area contributed by atoms with E-state index in [0.29, 0.717) is 12.2 Å². The molecule has 5 heteroatoms. The third-order valence-corrected chi connectivity index (χ3v) is 4.37. The minimum atomic E-state index is -0.516. The summed E-state index contributed by atoms with van der Waals surface area (Å²) in [5.74, 6) is 2.64. The second kappa shape index (κ2) is 6.86. The molecule has 0 bridgehead atoms. The van der Waals surface area contributed by atoms with Gasteiger partial charge in [-0.2, -0.15) is 0 Å². The summed E-state index contributed by atoms with van der Waals surface area (Å²) < 4.78 is 17.7. The van der Waals surface area contributed by atoms with E-state index in [1.54, 1.807) is 24.3 Å². The molecule has 0 spiro atoms. The molecule has 1 aliphatic carbocycles. The predicted molar refractivity (Wildman–Crippen MR) is 95.9 cm³/mol. The Morgan fingerprint density at radius 3 is 2.40 bits per heavy atom. The average Bonchev–Trinajstić information content (AvgIpc) is 3.43. The largest absolute Gasteiger partial charge is 0.453 e. The Labute approximate surface area is 146 Å². The molecule has 2 aromatic carbocycles. The zero-order valence-electron chi connectivity index (χ0n) is 14.0. The standard InChI is InChI=1S/C20H19FN2O2/c1-3-20(12-13-20)23(14-15-4-6-16(21)7-5-15)18-10-8-17(9-11-18)22-19(24)25-2/h1,4-11H,12-14H2,2H3,(H,22,24). The van der Waals surface area contributed by atoms with Crippen molar-refractivity contribution in [3.8, 4) is 12.3 Å². The van der Waals surface area contributed by atoms with E-state index in [-0.39, 0.29) is 11.4 Å². The van der Waals surface area contributed by atoms with Crippen molar-refractivity contribution in [1.82, 2.24) is 0 Å². The van der Waals surface area contributed by atoms with Crippen LogP contribution in [0.15, 0.2) is 48.5 Å². The van der Waals surface area contributed by atoms with Crippen molar-refractivity contribution in [3.63, 3.8) is 0 Å². The number of carbonyl (C=O) groups is 1. The van der Waals surface area contributed by atoms with Crippen LogP contribution in [0.5, 0.6) is 0 Å². The van der Waals surface area contributed by atoms with Crippen molar-refractivity contribution >= 4 is 17.5 Å². The molecule has 0 unspecified atom stereocenters. The predicted octanol–water partition coefficient (Wildman–Crippen LogP) is 4.18. The highest BCUT2D eigenvalue weighted by Crippen LogP contribution is 2.44. The van der Waals surface area contributed by atoms with Crippen molar-refractivity contribution in [2.24, 2.45) is 0 Å². The summed E-state index contributed by atoms with van der Waals surface area (Å²) >= 11 is 0. The van der Waals surface area contributed by atoms with Crippen molar-refractivity contribution in [2.45, 2.75) is 24.9 Å². The topological polar surface area (TPSA) is 41.6 Å². The van der Waals surface area contributed by atoms with Gasteiger partial charge < -0.3 is 9.64 Å². The highest BCUT2D eigenvalue weighted by atomic mass is 19.1. The van der Waals surface area contributed by atoms with Gasteiger partial charge in [0.25, 0.3) is 0 Å². The fourth-order valence-electron chi connectivity index (χ4n) is 2.77. The average molecular weight is 338 g/mol. The number of hydrogen-bond acceptors (Lipinski definition) is 3. The zero-order valence-corrected chi connectivity index (χ0v) is 14.0. The first-order valence-electron chi connectivity index (χ1n) is 8.01. The lowest BCUT2D eigenvalue weighted by Gasteiger charge is -2.31. The van der Waals surface area contributed by atoms with E-state index in [1.165, 1.54) is 19.2 Å². The molecular weight excluding hydrogens is 319 g/mol. The SMILES string of the molecule is C#CC1(N(Cc2ccc(F)cc2)c2ccc(NC(=O)OC)cc2)CC1. The van der Waals surface area contributed by atoms with Crippen LogP contribution in [0, 0.1) is 18.2 Å². The van der Waals surface area contributed by atoms with E-state index in [2.05, 4.69) is 20.9 Å². The molecule has 25 heavy (non-hydrogen) atoms. The summed E-state index contributed by atoms with van der Waals surface area (Å²) in [7, 11) is 1.32. The van der Waals surface area contributed by atoms with Gasteiger partial charge in [-0.3, -0.25) is 5.32 Å². The molecule has 4 nitrogen and oxygen atoms in total. The monoisotopic (exact) mass is 338 g/mol. The summed E-state index contributed by atoms with van der Waals surface area (Å²) in [6.07, 6.45) is 7.10. The van der Waals surface area contributed by atoms with Gasteiger partial charge in [0.05, 0.1) is 7.11 Å². The normalized spacial score (nSPS) is 14.3. The summed E-state index contributed by atoms with van der Waals surface area (Å²) in [5.41, 5.74) is 2.28. The number of nitrogens with zero attached hydrogens (tertiary/aromatic N) is 1. The number of amides is 1. The molecule has 128 valence electrons. The Morgan fingerprint density at radius 1 is 1.24 bits per heavy atom. The smallest absolute Gasteiger partial charge is 0.411 e. The molecule has 0 radical (unpaired) electrons. The quantitative estimate of drug-likeness (QED) is 0.832. The second-order valence-electron chi connectivity index (χ2n) is 6.05. The minimum absolute atomic E-state index is 0.258. The fraction of sp³-hybridized carbons (Fsp3) is 0.250. The number of methoxy groups -OCH3 is 1. The Balaban J connectivity index is 1.84. The molecule has 0 heterocycles. The van der Waals surface area contributed by atoms with Gasteiger partial charge in [-0.15, -0.1) is 6.42 Å². The zero-order chi connectivity index (χ0) is 17.9. The molecule has 1 amide bonds. The molecule has 0 aliphatic heterocycles. The minimum Gasteiger partial charge on any atom is -0.453 e. The fourth-order valence-corrected chi connectivity index (χ4v) is 2.77. The van der Waals surface area contributed by atoms with Crippen molar-refractivity contribution in [2.75, 3.05) is 17.3 Å². The molecule has 1 N–H and O–H groups in total. The number of halogens is 1. The van der Waals surface area contributed by atoms with Gasteiger partial charge in [0, 0.05) is 17.9 Å². The van der Waals surface area contributed by atoms with Gasteiger partial charge in [-0.05, 0) is 54.8 Å². The van der Waals surface area contributed by atoms with Crippen LogP contribution in [0.25, 0.3) is 0 Å². The Morgan fingerprint density at radius 2 is 1.88 bits per heavy atom. The number of rotatable bonds is 5. The van der Waals surface area contributed by atoms with Crippen molar-refractivity contribution < 1.29 is 13.9 Å². The van der Waals surface area contributed by atoms with Gasteiger partial charge in [0.1, 0.15) is 11.4 Å². The van der Waals surface area contributed by atoms with Crippen LogP contribution in [0.3, 0.4) is 0 Å². The third kappa shape index (κ3) is 3.74. The molecule has 0 saturated heterocycles. The van der Waals surface area contributed by atoms with Crippen molar-refractivity contribution in [3.05, 3.63) is 59.9 Å². The third-order valence-electron chi connectivity index (χ3n) is 4.37. The summed E-state index contributed by atoms with van der Waals surface area (Å²) in [5, 5.41) is 2.62. The van der Waals surface area contributed by atoms with Crippen LogP contribution in [0.4, 0.5) is 20.6 Å². The number of nitrogens with one attached hydrogen (secondary N) is 1. The van der Waals surface area contributed by atoms with Gasteiger partial charge >= 0.3 is 6.09 Å². The number of benzene rings is 2. The van der Waals surface area contributed by atoms with Gasteiger partial charge in [-0.25, -0.2) is 9.18 Å². The molecule has 1 aliphatic rings. The van der Waals surface area contributed by atoms with E-state index in [1.807, 2.05) is 12.1 Å². The number of ether oxygens (including phenoxy) is 1. The lowest BCUT2D eigenvalue weighted by atomic mass is 10.1.